The van der Waals surface area contributed by atoms with Crippen LogP contribution in [-0.2, 0) is 4.74 Å². The van der Waals surface area contributed by atoms with E-state index in [9.17, 15) is 4.79 Å². The summed E-state index contributed by atoms with van der Waals surface area (Å²) in [6.07, 6.45) is 5.13. The van der Waals surface area contributed by atoms with Crippen molar-refractivity contribution >= 4 is 17.6 Å². The highest BCUT2D eigenvalue weighted by molar-refractivity contribution is 6.29. The summed E-state index contributed by atoms with van der Waals surface area (Å²) in [5.41, 5.74) is 1.50. The van der Waals surface area contributed by atoms with Crippen LogP contribution in [0.15, 0.2) is 24.5 Å². The second-order valence-corrected chi connectivity index (χ2v) is 5.68. The first kappa shape index (κ1) is 16.5. The largest absolute Gasteiger partial charge is 0.491 e. The molecule has 0 bridgehead atoms. The third kappa shape index (κ3) is 3.43. The number of hydrogen-bond donors (Lipinski definition) is 0. The molecule has 3 rings (SSSR count). The van der Waals surface area contributed by atoms with E-state index in [-0.39, 0.29) is 12.7 Å². The van der Waals surface area contributed by atoms with Crippen molar-refractivity contribution in [2.75, 3.05) is 13.7 Å². The van der Waals surface area contributed by atoms with Gasteiger partial charge in [-0.1, -0.05) is 11.6 Å². The number of rotatable bonds is 6. The highest BCUT2D eigenvalue weighted by Crippen LogP contribution is 2.41. The molecule has 0 atom stereocenters. The maximum absolute atomic E-state index is 12.3. The van der Waals surface area contributed by atoms with E-state index >= 15 is 0 Å². The number of aromatic nitrogens is 2. The molecule has 0 radical (unpaired) electrons. The van der Waals surface area contributed by atoms with E-state index in [4.69, 9.17) is 25.8 Å². The van der Waals surface area contributed by atoms with Crippen molar-refractivity contribution in [2.45, 2.75) is 25.9 Å². The van der Waals surface area contributed by atoms with Crippen molar-refractivity contribution in [1.29, 1.82) is 0 Å². The summed E-state index contributed by atoms with van der Waals surface area (Å²) in [5.74, 6) is 0.259. The molecule has 24 heavy (non-hydrogen) atoms. The van der Waals surface area contributed by atoms with Gasteiger partial charge in [-0.25, -0.2) is 14.8 Å². The molecule has 7 heteroatoms. The number of carbonyl (C=O) groups is 1. The number of carbonyl (C=O) groups excluding carboxylic acids is 1. The molecule has 0 amide bonds. The second kappa shape index (κ2) is 7.05. The fraction of sp³-hybridized carbons (Fsp3) is 0.353. The molecule has 0 unspecified atom stereocenters. The fourth-order valence-electron chi connectivity index (χ4n) is 2.30. The molecular weight excluding hydrogens is 332 g/mol. The molecule has 2 heterocycles. The van der Waals surface area contributed by atoms with Gasteiger partial charge in [0.25, 0.3) is 5.88 Å². The Hall–Kier alpha value is -2.34. The van der Waals surface area contributed by atoms with Gasteiger partial charge in [0.1, 0.15) is 11.3 Å². The van der Waals surface area contributed by atoms with Gasteiger partial charge in [0, 0.05) is 18.0 Å². The van der Waals surface area contributed by atoms with E-state index in [1.165, 1.54) is 13.3 Å². The summed E-state index contributed by atoms with van der Waals surface area (Å²) < 4.78 is 16.4. The van der Waals surface area contributed by atoms with Gasteiger partial charge in [-0.05, 0) is 37.5 Å². The predicted octanol–water partition coefficient (Wildman–Crippen LogP) is 3.52. The standard InChI is InChI=1S/C17H17ClN2O4/c1-3-23-17(21)12-9-20-16(24-11-4-5-11)15(22-2)14(12)10-6-7-19-13(18)8-10/h6-9,11H,3-5H2,1-2H3. The number of esters is 1. The van der Waals surface area contributed by atoms with Crippen LogP contribution in [0.3, 0.4) is 0 Å². The Kier molecular flexibility index (Phi) is 4.85. The van der Waals surface area contributed by atoms with Gasteiger partial charge in [-0.15, -0.1) is 0 Å². The minimum atomic E-state index is -0.482. The molecular formula is C17H17ClN2O4. The van der Waals surface area contributed by atoms with Crippen molar-refractivity contribution in [1.82, 2.24) is 9.97 Å². The SMILES string of the molecule is CCOC(=O)c1cnc(OC2CC2)c(OC)c1-c1ccnc(Cl)c1. The van der Waals surface area contributed by atoms with Gasteiger partial charge in [0.15, 0.2) is 5.75 Å². The first-order chi connectivity index (χ1) is 11.6. The lowest BCUT2D eigenvalue weighted by atomic mass is 10.0. The zero-order valence-corrected chi connectivity index (χ0v) is 14.2. The van der Waals surface area contributed by atoms with Crippen molar-refractivity contribution in [3.63, 3.8) is 0 Å². The lowest BCUT2D eigenvalue weighted by Gasteiger charge is -2.16. The molecule has 1 aliphatic carbocycles. The molecule has 1 aliphatic rings. The Morgan fingerprint density at radius 3 is 2.79 bits per heavy atom. The third-order valence-corrected chi connectivity index (χ3v) is 3.73. The summed E-state index contributed by atoms with van der Waals surface area (Å²) in [7, 11) is 1.51. The maximum atomic E-state index is 12.3. The monoisotopic (exact) mass is 348 g/mol. The molecule has 0 saturated heterocycles. The molecule has 0 spiro atoms. The van der Waals surface area contributed by atoms with E-state index in [0.29, 0.717) is 33.5 Å². The van der Waals surface area contributed by atoms with E-state index in [1.54, 1.807) is 25.3 Å². The van der Waals surface area contributed by atoms with Crippen LogP contribution in [0, 0.1) is 0 Å². The van der Waals surface area contributed by atoms with Crippen molar-refractivity contribution in [3.8, 4) is 22.8 Å². The van der Waals surface area contributed by atoms with Crippen LogP contribution in [-0.4, -0.2) is 35.8 Å². The van der Waals surface area contributed by atoms with Gasteiger partial charge in [-0.3, -0.25) is 0 Å². The summed E-state index contributed by atoms with van der Waals surface area (Å²) in [4.78, 5) is 20.5. The van der Waals surface area contributed by atoms with Gasteiger partial charge in [0.05, 0.1) is 19.3 Å². The normalized spacial score (nSPS) is 13.5. The van der Waals surface area contributed by atoms with Crippen molar-refractivity contribution in [2.24, 2.45) is 0 Å². The second-order valence-electron chi connectivity index (χ2n) is 5.29. The van der Waals surface area contributed by atoms with E-state index in [0.717, 1.165) is 12.8 Å². The lowest BCUT2D eigenvalue weighted by molar-refractivity contribution is 0.0526. The fourth-order valence-corrected chi connectivity index (χ4v) is 2.47. The summed E-state index contributed by atoms with van der Waals surface area (Å²) in [6.45, 7) is 2.01. The van der Waals surface area contributed by atoms with Gasteiger partial charge < -0.3 is 14.2 Å². The average molecular weight is 349 g/mol. The molecule has 0 aromatic carbocycles. The molecule has 1 fully saturated rings. The van der Waals surface area contributed by atoms with Crippen LogP contribution < -0.4 is 9.47 Å². The Morgan fingerprint density at radius 1 is 1.38 bits per heavy atom. The summed E-state index contributed by atoms with van der Waals surface area (Å²) in [5, 5.41) is 0.311. The molecule has 6 nitrogen and oxygen atoms in total. The Balaban J connectivity index is 2.16. The number of ether oxygens (including phenoxy) is 3. The Bertz CT molecular complexity index is 762. The molecule has 2 aromatic heterocycles. The quantitative estimate of drug-likeness (QED) is 0.587. The number of nitrogens with zero attached hydrogens (tertiary/aromatic N) is 2. The summed E-state index contributed by atoms with van der Waals surface area (Å²) >= 11 is 6.00. The molecule has 126 valence electrons. The minimum Gasteiger partial charge on any atom is -0.491 e. The van der Waals surface area contributed by atoms with Crippen LogP contribution in [0.1, 0.15) is 30.1 Å². The van der Waals surface area contributed by atoms with Crippen LogP contribution >= 0.6 is 11.6 Å². The molecule has 0 N–H and O–H groups in total. The molecule has 0 aliphatic heterocycles. The third-order valence-electron chi connectivity index (χ3n) is 3.52. The lowest BCUT2D eigenvalue weighted by Crippen LogP contribution is -2.10. The number of pyridine rings is 2. The number of hydrogen-bond acceptors (Lipinski definition) is 6. The average Bonchev–Trinajstić information content (AvgIpc) is 3.38. The highest BCUT2D eigenvalue weighted by atomic mass is 35.5. The minimum absolute atomic E-state index is 0.147. The van der Waals surface area contributed by atoms with Crippen LogP contribution in [0.4, 0.5) is 0 Å². The van der Waals surface area contributed by atoms with E-state index in [2.05, 4.69) is 9.97 Å². The smallest absolute Gasteiger partial charge is 0.340 e. The van der Waals surface area contributed by atoms with Gasteiger partial charge in [-0.2, -0.15) is 0 Å². The van der Waals surface area contributed by atoms with Crippen LogP contribution in [0.2, 0.25) is 5.15 Å². The number of methoxy groups -OCH3 is 1. The Labute approximate surface area is 144 Å². The highest BCUT2D eigenvalue weighted by Gasteiger charge is 2.29. The molecule has 2 aromatic rings. The van der Waals surface area contributed by atoms with Gasteiger partial charge >= 0.3 is 5.97 Å². The number of halogens is 1. The molecule has 1 saturated carbocycles. The predicted molar refractivity (Wildman–Crippen MR) is 88.6 cm³/mol. The van der Waals surface area contributed by atoms with Crippen LogP contribution in [0.5, 0.6) is 11.6 Å². The van der Waals surface area contributed by atoms with Crippen molar-refractivity contribution in [3.05, 3.63) is 35.2 Å². The van der Waals surface area contributed by atoms with Crippen LogP contribution in [0.25, 0.3) is 11.1 Å². The van der Waals surface area contributed by atoms with Gasteiger partial charge in [0.2, 0.25) is 0 Å². The van der Waals surface area contributed by atoms with E-state index < -0.39 is 5.97 Å². The zero-order valence-electron chi connectivity index (χ0n) is 13.4. The Morgan fingerprint density at radius 2 is 2.17 bits per heavy atom. The van der Waals surface area contributed by atoms with E-state index in [1.807, 2.05) is 0 Å². The first-order valence-corrected chi connectivity index (χ1v) is 8.04. The zero-order chi connectivity index (χ0) is 17.1. The topological polar surface area (TPSA) is 70.5 Å². The van der Waals surface area contributed by atoms with Crippen molar-refractivity contribution < 1.29 is 19.0 Å². The maximum Gasteiger partial charge on any atom is 0.340 e. The summed E-state index contributed by atoms with van der Waals surface area (Å²) in [6, 6.07) is 3.40. The first-order valence-electron chi connectivity index (χ1n) is 7.66.